The average Bonchev–Trinajstić information content (AvgIpc) is 2.84. The van der Waals surface area contributed by atoms with Gasteiger partial charge in [0, 0.05) is 18.8 Å². The SMILES string of the molecule is NC(=O)c1cc(OC2CCCN(C(=O)NC(c3ccccc3)c3ccccc3)C2)ccn1. The molecule has 2 aromatic carbocycles. The first-order chi connectivity index (χ1) is 15.6. The molecule has 4 rings (SSSR count). The average molecular weight is 431 g/mol. The number of carbonyl (C=O) groups excluding carboxylic acids is 2. The number of likely N-dealkylation sites (tertiary alicyclic amines) is 1. The summed E-state index contributed by atoms with van der Waals surface area (Å²) in [7, 11) is 0. The van der Waals surface area contributed by atoms with E-state index in [4.69, 9.17) is 10.5 Å². The maximum absolute atomic E-state index is 13.2. The summed E-state index contributed by atoms with van der Waals surface area (Å²) in [5.41, 5.74) is 7.50. The molecule has 7 heteroatoms. The lowest BCUT2D eigenvalue weighted by molar-refractivity contribution is 0.0979. The normalized spacial score (nSPS) is 15.9. The molecule has 0 aliphatic carbocycles. The number of urea groups is 1. The molecule has 0 bridgehead atoms. The summed E-state index contributed by atoms with van der Waals surface area (Å²) in [5.74, 6) is -0.0829. The first-order valence-corrected chi connectivity index (χ1v) is 10.7. The monoisotopic (exact) mass is 430 g/mol. The summed E-state index contributed by atoms with van der Waals surface area (Å²) in [5, 5.41) is 3.19. The third kappa shape index (κ3) is 5.24. The summed E-state index contributed by atoms with van der Waals surface area (Å²) in [6.45, 7) is 1.11. The molecule has 2 heterocycles. The topological polar surface area (TPSA) is 97.6 Å². The van der Waals surface area contributed by atoms with Crippen LogP contribution in [0.4, 0.5) is 4.79 Å². The van der Waals surface area contributed by atoms with Gasteiger partial charge in [0.25, 0.3) is 5.91 Å². The Kier molecular flexibility index (Phi) is 6.65. The number of primary amides is 1. The number of aromatic nitrogens is 1. The van der Waals surface area contributed by atoms with Crippen molar-refractivity contribution in [3.8, 4) is 5.75 Å². The van der Waals surface area contributed by atoms with Crippen molar-refractivity contribution in [2.24, 2.45) is 5.73 Å². The number of ether oxygens (including phenoxy) is 1. The van der Waals surface area contributed by atoms with Gasteiger partial charge in [0.2, 0.25) is 0 Å². The molecule has 164 valence electrons. The van der Waals surface area contributed by atoms with E-state index in [0.29, 0.717) is 18.8 Å². The minimum atomic E-state index is -0.604. The van der Waals surface area contributed by atoms with Crippen LogP contribution in [0.3, 0.4) is 0 Å². The number of hydrogen-bond acceptors (Lipinski definition) is 4. The molecule has 0 spiro atoms. The molecule has 3 N–H and O–H groups in total. The number of amides is 3. The highest BCUT2D eigenvalue weighted by molar-refractivity contribution is 5.91. The van der Waals surface area contributed by atoms with E-state index in [-0.39, 0.29) is 23.9 Å². The third-order valence-corrected chi connectivity index (χ3v) is 5.49. The van der Waals surface area contributed by atoms with E-state index >= 15 is 0 Å². The van der Waals surface area contributed by atoms with Gasteiger partial charge >= 0.3 is 6.03 Å². The number of piperidine rings is 1. The Hall–Kier alpha value is -3.87. The van der Waals surface area contributed by atoms with Crippen LogP contribution in [-0.2, 0) is 0 Å². The van der Waals surface area contributed by atoms with Crippen LogP contribution in [0.2, 0.25) is 0 Å². The molecular formula is C25H26N4O3. The minimum Gasteiger partial charge on any atom is -0.488 e. The molecule has 0 saturated carbocycles. The van der Waals surface area contributed by atoms with Crippen LogP contribution in [-0.4, -0.2) is 41.0 Å². The quantitative estimate of drug-likeness (QED) is 0.625. The van der Waals surface area contributed by atoms with Crippen LogP contribution in [0.1, 0.15) is 40.5 Å². The van der Waals surface area contributed by atoms with Crippen molar-refractivity contribution in [2.45, 2.75) is 25.0 Å². The predicted octanol–water partition coefficient (Wildman–Crippen LogP) is 3.52. The van der Waals surface area contributed by atoms with Crippen LogP contribution in [0, 0.1) is 0 Å². The molecule has 1 aliphatic rings. The summed E-state index contributed by atoms with van der Waals surface area (Å²) >= 11 is 0. The van der Waals surface area contributed by atoms with Gasteiger partial charge in [0.1, 0.15) is 17.5 Å². The van der Waals surface area contributed by atoms with Crippen LogP contribution >= 0.6 is 0 Å². The lowest BCUT2D eigenvalue weighted by atomic mass is 9.99. The molecule has 1 unspecified atom stereocenters. The second-order valence-corrected chi connectivity index (χ2v) is 7.77. The molecule has 3 amide bonds. The second kappa shape index (κ2) is 9.96. The van der Waals surface area contributed by atoms with Crippen molar-refractivity contribution in [1.29, 1.82) is 0 Å². The lowest BCUT2D eigenvalue weighted by Gasteiger charge is -2.34. The van der Waals surface area contributed by atoms with Gasteiger partial charge in [-0.3, -0.25) is 9.78 Å². The lowest BCUT2D eigenvalue weighted by Crippen LogP contribution is -2.49. The molecule has 1 fully saturated rings. The van der Waals surface area contributed by atoms with Crippen molar-refractivity contribution in [3.63, 3.8) is 0 Å². The molecule has 1 atom stereocenters. The van der Waals surface area contributed by atoms with E-state index in [1.165, 1.54) is 12.3 Å². The Balaban J connectivity index is 1.45. The molecule has 7 nitrogen and oxygen atoms in total. The molecule has 0 radical (unpaired) electrons. The zero-order valence-electron chi connectivity index (χ0n) is 17.7. The molecule has 3 aromatic rings. The van der Waals surface area contributed by atoms with Crippen LogP contribution in [0.15, 0.2) is 79.0 Å². The number of pyridine rings is 1. The van der Waals surface area contributed by atoms with E-state index in [2.05, 4.69) is 10.3 Å². The van der Waals surface area contributed by atoms with Crippen LogP contribution in [0.25, 0.3) is 0 Å². The number of carbonyl (C=O) groups is 2. The van der Waals surface area contributed by atoms with Crippen molar-refractivity contribution in [2.75, 3.05) is 13.1 Å². The van der Waals surface area contributed by atoms with E-state index in [1.807, 2.05) is 60.7 Å². The van der Waals surface area contributed by atoms with Crippen molar-refractivity contribution in [3.05, 3.63) is 95.8 Å². The fourth-order valence-electron chi connectivity index (χ4n) is 3.90. The number of rotatable bonds is 6. The highest BCUT2D eigenvalue weighted by Gasteiger charge is 2.27. The summed E-state index contributed by atoms with van der Waals surface area (Å²) < 4.78 is 6.03. The van der Waals surface area contributed by atoms with E-state index in [1.54, 1.807) is 11.0 Å². The smallest absolute Gasteiger partial charge is 0.318 e. The Morgan fingerprint density at radius 1 is 1.03 bits per heavy atom. The Labute approximate surface area is 187 Å². The van der Waals surface area contributed by atoms with E-state index in [9.17, 15) is 9.59 Å². The van der Waals surface area contributed by atoms with Gasteiger partial charge < -0.3 is 20.7 Å². The minimum absolute atomic E-state index is 0.136. The zero-order valence-corrected chi connectivity index (χ0v) is 17.7. The number of nitrogens with one attached hydrogen (secondary N) is 1. The van der Waals surface area contributed by atoms with Gasteiger partial charge in [-0.25, -0.2) is 4.79 Å². The van der Waals surface area contributed by atoms with Crippen LogP contribution < -0.4 is 15.8 Å². The highest BCUT2D eigenvalue weighted by atomic mass is 16.5. The third-order valence-electron chi connectivity index (χ3n) is 5.49. The highest BCUT2D eigenvalue weighted by Crippen LogP contribution is 2.23. The first-order valence-electron chi connectivity index (χ1n) is 10.7. The Morgan fingerprint density at radius 3 is 2.31 bits per heavy atom. The van der Waals surface area contributed by atoms with Gasteiger partial charge in [0.05, 0.1) is 12.6 Å². The van der Waals surface area contributed by atoms with E-state index < -0.39 is 5.91 Å². The second-order valence-electron chi connectivity index (χ2n) is 7.77. The molecule has 1 aromatic heterocycles. The fraction of sp³-hybridized carbons (Fsp3) is 0.240. The fourth-order valence-corrected chi connectivity index (χ4v) is 3.90. The largest absolute Gasteiger partial charge is 0.488 e. The number of nitrogens with two attached hydrogens (primary N) is 1. The predicted molar refractivity (Wildman–Crippen MR) is 121 cm³/mol. The van der Waals surface area contributed by atoms with Crippen molar-refractivity contribution in [1.82, 2.24) is 15.2 Å². The molecule has 1 aliphatic heterocycles. The number of nitrogens with zero attached hydrogens (tertiary/aromatic N) is 2. The number of hydrogen-bond donors (Lipinski definition) is 2. The number of benzene rings is 2. The van der Waals surface area contributed by atoms with Gasteiger partial charge in [-0.05, 0) is 30.0 Å². The van der Waals surface area contributed by atoms with Gasteiger partial charge in [-0.2, -0.15) is 0 Å². The standard InChI is InChI=1S/C25H26N4O3/c26-24(30)22-16-20(13-14-27-22)32-21-12-7-15-29(17-21)25(31)28-23(18-8-3-1-4-9-18)19-10-5-2-6-11-19/h1-6,8-11,13-14,16,21,23H,7,12,15,17H2,(H2,26,30)(H,28,31). The van der Waals surface area contributed by atoms with Gasteiger partial charge in [-0.15, -0.1) is 0 Å². The molecule has 1 saturated heterocycles. The van der Waals surface area contributed by atoms with E-state index in [0.717, 1.165) is 24.0 Å². The molecular weight excluding hydrogens is 404 g/mol. The zero-order chi connectivity index (χ0) is 22.3. The van der Waals surface area contributed by atoms with Crippen molar-refractivity contribution >= 4 is 11.9 Å². The first kappa shape index (κ1) is 21.4. The van der Waals surface area contributed by atoms with Gasteiger partial charge in [0.15, 0.2) is 0 Å². The van der Waals surface area contributed by atoms with Gasteiger partial charge in [-0.1, -0.05) is 60.7 Å². The Bertz CT molecular complexity index is 1020. The summed E-state index contributed by atoms with van der Waals surface area (Å²) in [6.07, 6.45) is 2.96. The van der Waals surface area contributed by atoms with Crippen LogP contribution in [0.5, 0.6) is 5.75 Å². The molecule has 32 heavy (non-hydrogen) atoms. The maximum Gasteiger partial charge on any atom is 0.318 e. The Morgan fingerprint density at radius 2 is 1.69 bits per heavy atom. The van der Waals surface area contributed by atoms with Crippen molar-refractivity contribution < 1.29 is 14.3 Å². The summed E-state index contributed by atoms with van der Waals surface area (Å²) in [4.78, 5) is 30.3. The maximum atomic E-state index is 13.2. The summed E-state index contributed by atoms with van der Waals surface area (Å²) in [6, 6.07) is 22.7.